The Morgan fingerprint density at radius 1 is 1.32 bits per heavy atom. The van der Waals surface area contributed by atoms with Crippen LogP contribution in [0.1, 0.15) is 37.3 Å². The average molecular weight is 301 g/mol. The number of nitrogens with one attached hydrogen (secondary N) is 1. The van der Waals surface area contributed by atoms with Crippen molar-refractivity contribution in [2.45, 2.75) is 45.1 Å². The molecule has 4 nitrogen and oxygen atoms in total. The molecule has 0 radical (unpaired) electrons. The molecule has 3 N–H and O–H groups in total. The van der Waals surface area contributed by atoms with E-state index in [0.29, 0.717) is 12.5 Å². The zero-order valence-corrected chi connectivity index (χ0v) is 13.5. The number of rotatable bonds is 4. The SMILES string of the molecule is CC(N)C1CCN(CC(=O)Nc2ccc3c(c2)CCC3)CC1. The highest BCUT2D eigenvalue weighted by atomic mass is 16.2. The van der Waals surface area contributed by atoms with E-state index in [1.165, 1.54) is 24.0 Å². The van der Waals surface area contributed by atoms with Crippen LogP contribution in [0.15, 0.2) is 18.2 Å². The smallest absolute Gasteiger partial charge is 0.238 e. The summed E-state index contributed by atoms with van der Waals surface area (Å²) in [6.07, 6.45) is 5.76. The zero-order chi connectivity index (χ0) is 15.5. The van der Waals surface area contributed by atoms with Gasteiger partial charge in [0.1, 0.15) is 0 Å². The molecule has 1 saturated heterocycles. The van der Waals surface area contributed by atoms with Crippen LogP contribution in [0.4, 0.5) is 5.69 Å². The van der Waals surface area contributed by atoms with Gasteiger partial charge in [0.15, 0.2) is 0 Å². The van der Waals surface area contributed by atoms with Gasteiger partial charge in [0.05, 0.1) is 6.54 Å². The predicted octanol–water partition coefficient (Wildman–Crippen LogP) is 2.17. The van der Waals surface area contributed by atoms with Crippen molar-refractivity contribution in [2.24, 2.45) is 11.7 Å². The van der Waals surface area contributed by atoms with Crippen molar-refractivity contribution < 1.29 is 4.79 Å². The summed E-state index contributed by atoms with van der Waals surface area (Å²) >= 11 is 0. The molecule has 1 aliphatic carbocycles. The first-order valence-corrected chi connectivity index (χ1v) is 8.51. The number of nitrogens with zero attached hydrogens (tertiary/aromatic N) is 1. The Labute approximate surface area is 133 Å². The molecule has 0 aromatic heterocycles. The summed E-state index contributed by atoms with van der Waals surface area (Å²) in [5.74, 6) is 0.702. The molecule has 1 aromatic carbocycles. The van der Waals surface area contributed by atoms with E-state index < -0.39 is 0 Å². The van der Waals surface area contributed by atoms with Crippen LogP contribution in [0.5, 0.6) is 0 Å². The van der Waals surface area contributed by atoms with Crippen molar-refractivity contribution in [1.82, 2.24) is 4.90 Å². The number of anilines is 1. The number of likely N-dealkylation sites (tertiary alicyclic amines) is 1. The lowest BCUT2D eigenvalue weighted by Crippen LogP contribution is -2.42. The molecule has 1 heterocycles. The number of benzene rings is 1. The fourth-order valence-corrected chi connectivity index (χ4v) is 3.69. The Bertz CT molecular complexity index is 533. The quantitative estimate of drug-likeness (QED) is 0.896. The van der Waals surface area contributed by atoms with Crippen molar-refractivity contribution in [3.63, 3.8) is 0 Å². The first-order chi connectivity index (χ1) is 10.6. The molecule has 1 atom stereocenters. The summed E-state index contributed by atoms with van der Waals surface area (Å²) in [6.45, 7) is 4.53. The minimum Gasteiger partial charge on any atom is -0.328 e. The number of carbonyl (C=O) groups is 1. The summed E-state index contributed by atoms with van der Waals surface area (Å²) in [7, 11) is 0. The number of amides is 1. The third kappa shape index (κ3) is 3.68. The number of fused-ring (bicyclic) bond motifs is 1. The van der Waals surface area contributed by atoms with Crippen molar-refractivity contribution in [2.75, 3.05) is 25.0 Å². The molecule has 3 rings (SSSR count). The summed E-state index contributed by atoms with van der Waals surface area (Å²) in [4.78, 5) is 14.5. The van der Waals surface area contributed by atoms with E-state index in [4.69, 9.17) is 5.73 Å². The molecular weight excluding hydrogens is 274 g/mol. The molecule has 0 bridgehead atoms. The van der Waals surface area contributed by atoms with Gasteiger partial charge in [-0.25, -0.2) is 0 Å². The van der Waals surface area contributed by atoms with Gasteiger partial charge in [-0.15, -0.1) is 0 Å². The van der Waals surface area contributed by atoms with Gasteiger partial charge in [0, 0.05) is 11.7 Å². The van der Waals surface area contributed by atoms with Crippen LogP contribution in [-0.2, 0) is 17.6 Å². The second kappa shape index (κ2) is 6.80. The fourth-order valence-electron chi connectivity index (χ4n) is 3.69. The second-order valence-corrected chi connectivity index (χ2v) is 6.86. The lowest BCUT2D eigenvalue weighted by molar-refractivity contribution is -0.117. The standard InChI is InChI=1S/C18H27N3O/c1-13(19)14-7-9-21(10-8-14)12-18(22)20-17-6-5-15-3-2-4-16(15)11-17/h5-6,11,13-14H,2-4,7-10,12,19H2,1H3,(H,20,22). The average Bonchev–Trinajstić information content (AvgIpc) is 2.95. The van der Waals surface area contributed by atoms with Gasteiger partial charge in [-0.1, -0.05) is 6.07 Å². The van der Waals surface area contributed by atoms with Gasteiger partial charge in [-0.05, 0) is 81.3 Å². The van der Waals surface area contributed by atoms with Crippen LogP contribution in [0.3, 0.4) is 0 Å². The first kappa shape index (κ1) is 15.5. The molecule has 1 fully saturated rings. The molecule has 2 aliphatic rings. The predicted molar refractivity (Wildman–Crippen MR) is 89.9 cm³/mol. The van der Waals surface area contributed by atoms with Gasteiger partial charge in [0.2, 0.25) is 5.91 Å². The van der Waals surface area contributed by atoms with Gasteiger partial charge in [0.25, 0.3) is 0 Å². The topological polar surface area (TPSA) is 58.4 Å². The van der Waals surface area contributed by atoms with E-state index in [2.05, 4.69) is 29.3 Å². The van der Waals surface area contributed by atoms with Crippen molar-refractivity contribution in [1.29, 1.82) is 0 Å². The summed E-state index contributed by atoms with van der Waals surface area (Å²) in [6, 6.07) is 6.60. The number of hydrogen-bond donors (Lipinski definition) is 2. The summed E-state index contributed by atoms with van der Waals surface area (Å²) in [5, 5.41) is 3.05. The van der Waals surface area contributed by atoms with Crippen LogP contribution in [0, 0.1) is 5.92 Å². The van der Waals surface area contributed by atoms with Gasteiger partial charge in [-0.2, -0.15) is 0 Å². The second-order valence-electron chi connectivity index (χ2n) is 6.86. The number of aryl methyl sites for hydroxylation is 2. The minimum absolute atomic E-state index is 0.0946. The maximum absolute atomic E-state index is 12.2. The minimum atomic E-state index is 0.0946. The van der Waals surface area contributed by atoms with Gasteiger partial charge < -0.3 is 11.1 Å². The largest absolute Gasteiger partial charge is 0.328 e. The van der Waals surface area contributed by atoms with Crippen LogP contribution in [0.25, 0.3) is 0 Å². The number of piperidine rings is 1. The van der Waals surface area contributed by atoms with E-state index in [9.17, 15) is 4.79 Å². The normalized spacial score (nSPS) is 20.6. The van der Waals surface area contributed by atoms with Crippen molar-refractivity contribution in [3.8, 4) is 0 Å². The van der Waals surface area contributed by atoms with Crippen molar-refractivity contribution in [3.05, 3.63) is 29.3 Å². The Balaban J connectivity index is 1.49. The maximum Gasteiger partial charge on any atom is 0.238 e. The Kier molecular flexibility index (Phi) is 4.79. The summed E-state index contributed by atoms with van der Waals surface area (Å²) in [5.41, 5.74) is 9.74. The van der Waals surface area contributed by atoms with Gasteiger partial charge in [-0.3, -0.25) is 9.69 Å². The Hall–Kier alpha value is -1.39. The highest BCUT2D eigenvalue weighted by molar-refractivity contribution is 5.92. The molecule has 1 aliphatic heterocycles. The molecule has 1 aromatic rings. The number of hydrogen-bond acceptors (Lipinski definition) is 3. The van der Waals surface area contributed by atoms with Crippen molar-refractivity contribution >= 4 is 11.6 Å². The van der Waals surface area contributed by atoms with E-state index in [-0.39, 0.29) is 11.9 Å². The fraction of sp³-hybridized carbons (Fsp3) is 0.611. The highest BCUT2D eigenvalue weighted by Gasteiger charge is 2.23. The maximum atomic E-state index is 12.2. The number of carbonyl (C=O) groups excluding carboxylic acids is 1. The molecule has 1 unspecified atom stereocenters. The first-order valence-electron chi connectivity index (χ1n) is 8.51. The number of nitrogens with two attached hydrogens (primary N) is 1. The molecule has 0 spiro atoms. The molecule has 1 amide bonds. The monoisotopic (exact) mass is 301 g/mol. The van der Waals surface area contributed by atoms with Crippen LogP contribution in [0.2, 0.25) is 0 Å². The lowest BCUT2D eigenvalue weighted by atomic mass is 9.91. The zero-order valence-electron chi connectivity index (χ0n) is 13.5. The van der Waals surface area contributed by atoms with Crippen LogP contribution in [-0.4, -0.2) is 36.5 Å². The molecule has 0 saturated carbocycles. The van der Waals surface area contributed by atoms with E-state index >= 15 is 0 Å². The van der Waals surface area contributed by atoms with Crippen LogP contribution >= 0.6 is 0 Å². The summed E-state index contributed by atoms with van der Waals surface area (Å²) < 4.78 is 0. The lowest BCUT2D eigenvalue weighted by Gasteiger charge is -2.33. The van der Waals surface area contributed by atoms with E-state index in [1.807, 2.05) is 6.07 Å². The van der Waals surface area contributed by atoms with Crippen LogP contribution < -0.4 is 11.1 Å². The third-order valence-corrected chi connectivity index (χ3v) is 5.13. The molecular formula is C18H27N3O. The molecule has 120 valence electrons. The van der Waals surface area contributed by atoms with E-state index in [0.717, 1.165) is 38.0 Å². The van der Waals surface area contributed by atoms with Gasteiger partial charge >= 0.3 is 0 Å². The Morgan fingerprint density at radius 2 is 2.05 bits per heavy atom. The highest BCUT2D eigenvalue weighted by Crippen LogP contribution is 2.25. The van der Waals surface area contributed by atoms with E-state index in [1.54, 1.807) is 0 Å². The Morgan fingerprint density at radius 3 is 2.77 bits per heavy atom. The molecule has 4 heteroatoms. The molecule has 22 heavy (non-hydrogen) atoms. The third-order valence-electron chi connectivity index (χ3n) is 5.13.